The van der Waals surface area contributed by atoms with Crippen LogP contribution in [0.4, 0.5) is 10.7 Å². The Labute approximate surface area is 167 Å². The van der Waals surface area contributed by atoms with Gasteiger partial charge >= 0.3 is 6.03 Å². The Kier molecular flexibility index (Phi) is 6.29. The number of carbonyl (C=O) groups excluding carboxylic acids is 1. The van der Waals surface area contributed by atoms with Crippen molar-refractivity contribution in [3.05, 3.63) is 17.5 Å². The molecule has 3 aliphatic rings. The molecule has 4 rings (SSSR count). The van der Waals surface area contributed by atoms with Gasteiger partial charge in [-0.2, -0.15) is 0 Å². The number of nitrogens with one attached hydrogen (secondary N) is 2. The SMILES string of the molecule is CC(NC(=O)N1CCc2cnc(NC3CCOCC3)nc2C1)C1CCCCC1. The van der Waals surface area contributed by atoms with Crippen LogP contribution in [0.2, 0.25) is 0 Å². The quantitative estimate of drug-likeness (QED) is 0.830. The third-order valence-corrected chi connectivity index (χ3v) is 6.50. The van der Waals surface area contributed by atoms with Crippen LogP contribution in [0.3, 0.4) is 0 Å². The molecule has 0 spiro atoms. The fraction of sp³-hybridized carbons (Fsp3) is 0.762. The van der Waals surface area contributed by atoms with Gasteiger partial charge in [0.15, 0.2) is 0 Å². The van der Waals surface area contributed by atoms with Crippen LogP contribution in [0.15, 0.2) is 6.20 Å². The molecule has 1 atom stereocenters. The second-order valence-electron chi connectivity index (χ2n) is 8.50. The Morgan fingerprint density at radius 3 is 2.79 bits per heavy atom. The molecule has 154 valence electrons. The van der Waals surface area contributed by atoms with Gasteiger partial charge in [-0.15, -0.1) is 0 Å². The molecule has 1 aromatic rings. The van der Waals surface area contributed by atoms with E-state index < -0.39 is 0 Å². The van der Waals surface area contributed by atoms with Crippen molar-refractivity contribution in [1.82, 2.24) is 20.2 Å². The highest BCUT2D eigenvalue weighted by atomic mass is 16.5. The van der Waals surface area contributed by atoms with Crippen molar-refractivity contribution in [3.8, 4) is 0 Å². The summed E-state index contributed by atoms with van der Waals surface area (Å²) in [5, 5.41) is 6.67. The smallest absolute Gasteiger partial charge is 0.317 e. The number of hydrogen-bond donors (Lipinski definition) is 2. The summed E-state index contributed by atoms with van der Waals surface area (Å²) in [7, 11) is 0. The average Bonchev–Trinajstić information content (AvgIpc) is 2.74. The number of amides is 2. The number of ether oxygens (including phenoxy) is 1. The Morgan fingerprint density at radius 2 is 2.00 bits per heavy atom. The number of urea groups is 1. The molecule has 7 nitrogen and oxygen atoms in total. The van der Waals surface area contributed by atoms with Crippen LogP contribution >= 0.6 is 0 Å². The summed E-state index contributed by atoms with van der Waals surface area (Å²) in [6.45, 7) is 5.02. The van der Waals surface area contributed by atoms with Gasteiger partial charge < -0.3 is 20.3 Å². The first-order valence-electron chi connectivity index (χ1n) is 10.9. The van der Waals surface area contributed by atoms with E-state index in [9.17, 15) is 4.79 Å². The first kappa shape index (κ1) is 19.4. The molecule has 2 aliphatic heterocycles. The van der Waals surface area contributed by atoms with Crippen molar-refractivity contribution in [3.63, 3.8) is 0 Å². The molecular weight excluding hydrogens is 354 g/mol. The number of hydrogen-bond acceptors (Lipinski definition) is 5. The van der Waals surface area contributed by atoms with Gasteiger partial charge in [0.25, 0.3) is 0 Å². The second kappa shape index (κ2) is 9.07. The fourth-order valence-corrected chi connectivity index (χ4v) is 4.61. The Bertz CT molecular complexity index is 671. The molecular formula is C21H33N5O2. The van der Waals surface area contributed by atoms with Crippen LogP contribution in [0, 0.1) is 5.92 Å². The minimum Gasteiger partial charge on any atom is -0.381 e. The third-order valence-electron chi connectivity index (χ3n) is 6.50. The molecule has 3 heterocycles. The van der Waals surface area contributed by atoms with Crippen molar-refractivity contribution in [2.24, 2.45) is 5.92 Å². The van der Waals surface area contributed by atoms with E-state index in [1.807, 2.05) is 11.1 Å². The molecule has 2 N–H and O–H groups in total. The summed E-state index contributed by atoms with van der Waals surface area (Å²) in [6.07, 6.45) is 11.1. The van der Waals surface area contributed by atoms with E-state index >= 15 is 0 Å². The maximum atomic E-state index is 12.8. The molecule has 1 aromatic heterocycles. The number of carbonyl (C=O) groups is 1. The molecule has 0 aromatic carbocycles. The Balaban J connectivity index is 1.34. The lowest BCUT2D eigenvalue weighted by Gasteiger charge is -2.33. The Hall–Kier alpha value is -1.89. The van der Waals surface area contributed by atoms with Gasteiger partial charge in [-0.1, -0.05) is 19.3 Å². The van der Waals surface area contributed by atoms with E-state index in [0.717, 1.165) is 50.3 Å². The highest BCUT2D eigenvalue weighted by Crippen LogP contribution is 2.26. The molecule has 2 amide bonds. The predicted molar refractivity (Wildman–Crippen MR) is 108 cm³/mol. The third kappa shape index (κ3) is 4.74. The minimum absolute atomic E-state index is 0.0428. The van der Waals surface area contributed by atoms with Gasteiger partial charge in [0.05, 0.1) is 12.2 Å². The lowest BCUT2D eigenvalue weighted by Crippen LogP contribution is -2.48. The summed E-state index contributed by atoms with van der Waals surface area (Å²) in [4.78, 5) is 23.9. The topological polar surface area (TPSA) is 79.4 Å². The monoisotopic (exact) mass is 387 g/mol. The average molecular weight is 388 g/mol. The number of nitrogens with zero attached hydrogens (tertiary/aromatic N) is 3. The number of anilines is 1. The zero-order chi connectivity index (χ0) is 19.3. The maximum Gasteiger partial charge on any atom is 0.317 e. The number of fused-ring (bicyclic) bond motifs is 1. The van der Waals surface area contributed by atoms with Crippen LogP contribution < -0.4 is 10.6 Å². The van der Waals surface area contributed by atoms with E-state index in [2.05, 4.69) is 22.5 Å². The van der Waals surface area contributed by atoms with Crippen LogP contribution in [0.5, 0.6) is 0 Å². The van der Waals surface area contributed by atoms with E-state index in [-0.39, 0.29) is 12.1 Å². The highest BCUT2D eigenvalue weighted by Gasteiger charge is 2.27. The van der Waals surface area contributed by atoms with Crippen LogP contribution in [-0.2, 0) is 17.7 Å². The van der Waals surface area contributed by atoms with E-state index in [1.54, 1.807) is 0 Å². The molecule has 28 heavy (non-hydrogen) atoms. The normalized spacial score (nSPS) is 22.4. The van der Waals surface area contributed by atoms with Crippen LogP contribution in [0.1, 0.15) is 63.1 Å². The van der Waals surface area contributed by atoms with Crippen LogP contribution in [-0.4, -0.2) is 52.7 Å². The van der Waals surface area contributed by atoms with Crippen molar-refractivity contribution in [2.75, 3.05) is 25.1 Å². The van der Waals surface area contributed by atoms with Crippen LogP contribution in [0.25, 0.3) is 0 Å². The summed E-state index contributed by atoms with van der Waals surface area (Å²) < 4.78 is 5.41. The predicted octanol–water partition coefficient (Wildman–Crippen LogP) is 3.10. The molecule has 1 unspecified atom stereocenters. The molecule has 0 radical (unpaired) electrons. The van der Waals surface area contributed by atoms with Crippen molar-refractivity contribution in [1.29, 1.82) is 0 Å². The summed E-state index contributed by atoms with van der Waals surface area (Å²) >= 11 is 0. The van der Waals surface area contributed by atoms with E-state index in [0.29, 0.717) is 24.5 Å². The molecule has 1 aliphatic carbocycles. The molecule has 7 heteroatoms. The van der Waals surface area contributed by atoms with Crippen molar-refractivity contribution < 1.29 is 9.53 Å². The summed E-state index contributed by atoms with van der Waals surface area (Å²) in [5.74, 6) is 1.29. The van der Waals surface area contributed by atoms with Gasteiger partial charge in [0.1, 0.15) is 0 Å². The first-order chi connectivity index (χ1) is 13.7. The van der Waals surface area contributed by atoms with Gasteiger partial charge in [0, 0.05) is 38.0 Å². The zero-order valence-electron chi connectivity index (χ0n) is 17.0. The summed E-state index contributed by atoms with van der Waals surface area (Å²) in [5.41, 5.74) is 2.12. The molecule has 2 fully saturated rings. The maximum absolute atomic E-state index is 12.8. The van der Waals surface area contributed by atoms with Crippen molar-refractivity contribution >= 4 is 12.0 Å². The van der Waals surface area contributed by atoms with E-state index in [1.165, 1.54) is 32.1 Å². The Morgan fingerprint density at radius 1 is 1.21 bits per heavy atom. The number of rotatable bonds is 4. The summed E-state index contributed by atoms with van der Waals surface area (Å²) in [6, 6.07) is 0.651. The first-order valence-corrected chi connectivity index (χ1v) is 10.9. The number of aromatic nitrogens is 2. The zero-order valence-corrected chi connectivity index (χ0v) is 17.0. The lowest BCUT2D eigenvalue weighted by molar-refractivity contribution is 0.0903. The van der Waals surface area contributed by atoms with Gasteiger partial charge in [0.2, 0.25) is 5.95 Å². The standard InChI is InChI=1S/C21H33N5O2/c1-15(16-5-3-2-4-6-16)23-21(27)26-10-7-17-13-22-20(25-19(17)14-26)24-18-8-11-28-12-9-18/h13,15-16,18H,2-12,14H2,1H3,(H,23,27)(H,22,24,25). The van der Waals surface area contributed by atoms with Gasteiger partial charge in [-0.05, 0) is 50.5 Å². The van der Waals surface area contributed by atoms with Crippen molar-refractivity contribution in [2.45, 2.75) is 76.9 Å². The fourth-order valence-electron chi connectivity index (χ4n) is 4.61. The van der Waals surface area contributed by atoms with E-state index in [4.69, 9.17) is 9.72 Å². The largest absolute Gasteiger partial charge is 0.381 e. The molecule has 1 saturated carbocycles. The van der Waals surface area contributed by atoms with Gasteiger partial charge in [-0.3, -0.25) is 0 Å². The van der Waals surface area contributed by atoms with Gasteiger partial charge in [-0.25, -0.2) is 14.8 Å². The minimum atomic E-state index is 0.0428. The molecule has 0 bridgehead atoms. The second-order valence-corrected chi connectivity index (χ2v) is 8.50. The highest BCUT2D eigenvalue weighted by molar-refractivity contribution is 5.74. The lowest BCUT2D eigenvalue weighted by atomic mass is 9.84. The molecule has 1 saturated heterocycles.